The van der Waals surface area contributed by atoms with Crippen LogP contribution in [0.2, 0.25) is 0 Å². The SMILES string of the molecule is COC(=O)[C@@]1(OCCCCCN(C)Cc2ccccc2)C[C@@H](O)[C@@H](O)C([C@H]2COC(C)(C)O2)O1. The van der Waals surface area contributed by atoms with E-state index in [4.69, 9.17) is 23.7 Å². The van der Waals surface area contributed by atoms with E-state index >= 15 is 0 Å². The number of ether oxygens (including phenoxy) is 5. The second-order valence-corrected chi connectivity index (χ2v) is 9.59. The fourth-order valence-electron chi connectivity index (χ4n) is 4.44. The smallest absolute Gasteiger partial charge is 0.366 e. The van der Waals surface area contributed by atoms with Gasteiger partial charge in [0.05, 0.1) is 26.4 Å². The average Bonchev–Trinajstić information content (AvgIpc) is 3.17. The molecule has 2 saturated heterocycles. The molecule has 1 unspecified atom stereocenters. The van der Waals surface area contributed by atoms with Gasteiger partial charge in [-0.25, -0.2) is 4.79 Å². The predicted octanol–water partition coefficient (Wildman–Crippen LogP) is 1.84. The number of hydrogen-bond acceptors (Lipinski definition) is 9. The number of hydrogen-bond donors (Lipinski definition) is 2. The Morgan fingerprint density at radius 2 is 1.88 bits per heavy atom. The Kier molecular flexibility index (Phi) is 9.45. The van der Waals surface area contributed by atoms with Crippen molar-refractivity contribution in [3.63, 3.8) is 0 Å². The number of nitrogens with zero attached hydrogens (tertiary/aromatic N) is 1. The molecule has 0 aliphatic carbocycles. The molecule has 9 nitrogen and oxygen atoms in total. The Morgan fingerprint density at radius 3 is 2.53 bits per heavy atom. The van der Waals surface area contributed by atoms with Crippen LogP contribution in [0.3, 0.4) is 0 Å². The number of benzene rings is 1. The van der Waals surface area contributed by atoms with Crippen LogP contribution in [-0.2, 0) is 35.0 Å². The van der Waals surface area contributed by atoms with E-state index in [2.05, 4.69) is 24.1 Å². The molecule has 2 aliphatic rings. The summed E-state index contributed by atoms with van der Waals surface area (Å²) in [6, 6.07) is 10.3. The van der Waals surface area contributed by atoms with Crippen molar-refractivity contribution < 1.29 is 38.7 Å². The third kappa shape index (κ3) is 6.97. The summed E-state index contributed by atoms with van der Waals surface area (Å²) in [5.41, 5.74) is 1.28. The maximum absolute atomic E-state index is 12.7. The molecule has 0 spiro atoms. The van der Waals surface area contributed by atoms with E-state index in [9.17, 15) is 15.0 Å². The van der Waals surface area contributed by atoms with Crippen LogP contribution in [0, 0.1) is 0 Å². The maximum atomic E-state index is 12.7. The number of aliphatic hydroxyl groups is 2. The van der Waals surface area contributed by atoms with Gasteiger partial charge in [-0.2, -0.15) is 0 Å². The van der Waals surface area contributed by atoms with Crippen molar-refractivity contribution >= 4 is 5.97 Å². The van der Waals surface area contributed by atoms with Gasteiger partial charge in [-0.15, -0.1) is 0 Å². The lowest BCUT2D eigenvalue weighted by Crippen LogP contribution is -2.63. The highest BCUT2D eigenvalue weighted by atomic mass is 16.8. The molecule has 9 heteroatoms. The first kappa shape index (κ1) is 27.0. The highest BCUT2D eigenvalue weighted by molar-refractivity contribution is 5.78. The summed E-state index contributed by atoms with van der Waals surface area (Å²) in [4.78, 5) is 14.9. The summed E-state index contributed by atoms with van der Waals surface area (Å²) < 4.78 is 28.2. The van der Waals surface area contributed by atoms with Crippen molar-refractivity contribution in [1.29, 1.82) is 0 Å². The van der Waals surface area contributed by atoms with Crippen LogP contribution in [0.1, 0.15) is 45.1 Å². The number of rotatable bonds is 11. The Morgan fingerprint density at radius 1 is 1.15 bits per heavy atom. The number of carbonyl (C=O) groups excluding carboxylic acids is 1. The quantitative estimate of drug-likeness (QED) is 0.362. The molecule has 2 N–H and O–H groups in total. The van der Waals surface area contributed by atoms with Gasteiger partial charge in [0, 0.05) is 13.0 Å². The lowest BCUT2D eigenvalue weighted by atomic mass is 9.92. The first-order valence-electron chi connectivity index (χ1n) is 12.0. The minimum absolute atomic E-state index is 0.162. The highest BCUT2D eigenvalue weighted by Gasteiger charge is 2.56. The molecule has 0 radical (unpaired) electrons. The molecule has 34 heavy (non-hydrogen) atoms. The Balaban J connectivity index is 1.50. The van der Waals surface area contributed by atoms with E-state index in [1.807, 2.05) is 18.2 Å². The van der Waals surface area contributed by atoms with Crippen molar-refractivity contribution in [2.24, 2.45) is 0 Å². The topological polar surface area (TPSA) is 107 Å². The van der Waals surface area contributed by atoms with Gasteiger partial charge >= 0.3 is 5.97 Å². The Labute approximate surface area is 201 Å². The number of aliphatic hydroxyl groups excluding tert-OH is 2. The molecule has 1 aromatic rings. The molecule has 2 heterocycles. The Hall–Kier alpha value is -1.59. The van der Waals surface area contributed by atoms with Gasteiger partial charge in [-0.05, 0) is 52.3 Å². The molecule has 0 bridgehead atoms. The van der Waals surface area contributed by atoms with E-state index in [0.717, 1.165) is 25.9 Å². The van der Waals surface area contributed by atoms with E-state index in [0.29, 0.717) is 6.42 Å². The lowest BCUT2D eigenvalue weighted by Gasteiger charge is -2.44. The highest BCUT2D eigenvalue weighted by Crippen LogP contribution is 2.37. The van der Waals surface area contributed by atoms with E-state index in [1.54, 1.807) is 13.8 Å². The second-order valence-electron chi connectivity index (χ2n) is 9.59. The molecule has 192 valence electrons. The first-order valence-corrected chi connectivity index (χ1v) is 12.0. The normalized spacial score (nSPS) is 31.0. The minimum atomic E-state index is -1.81. The van der Waals surface area contributed by atoms with E-state index < -0.39 is 42.0 Å². The number of esters is 1. The van der Waals surface area contributed by atoms with E-state index in [1.165, 1.54) is 12.7 Å². The van der Waals surface area contributed by atoms with Crippen LogP contribution in [-0.4, -0.2) is 91.0 Å². The monoisotopic (exact) mass is 481 g/mol. The van der Waals surface area contributed by atoms with E-state index in [-0.39, 0.29) is 19.6 Å². The van der Waals surface area contributed by atoms with Crippen molar-refractivity contribution in [2.45, 2.75) is 82.1 Å². The predicted molar refractivity (Wildman–Crippen MR) is 124 cm³/mol. The fourth-order valence-corrected chi connectivity index (χ4v) is 4.44. The molecule has 2 fully saturated rings. The van der Waals surface area contributed by atoms with Gasteiger partial charge in [0.2, 0.25) is 0 Å². The number of carbonyl (C=O) groups is 1. The van der Waals surface area contributed by atoms with Crippen molar-refractivity contribution in [3.8, 4) is 0 Å². The largest absolute Gasteiger partial charge is 0.465 e. The number of unbranched alkanes of at least 4 members (excludes halogenated alkanes) is 2. The standard InChI is InChI=1S/C25H39NO8/c1-24(2)32-17-20(33-24)22-21(28)19(27)15-25(34-22,23(29)30-4)31-14-10-6-9-13-26(3)16-18-11-7-5-8-12-18/h5,7-8,11-12,19-22,27-28H,6,9-10,13-17H2,1-4H3/t19-,20-,21-,22?,25-/m1/s1. The second kappa shape index (κ2) is 11.9. The van der Waals surface area contributed by atoms with Crippen LogP contribution < -0.4 is 0 Å². The molecular weight excluding hydrogens is 442 g/mol. The summed E-state index contributed by atoms with van der Waals surface area (Å²) in [6.07, 6.45) is -1.79. The molecule has 1 aromatic carbocycles. The van der Waals surface area contributed by atoms with Crippen molar-refractivity contribution in [1.82, 2.24) is 4.90 Å². The van der Waals surface area contributed by atoms with Crippen LogP contribution in [0.4, 0.5) is 0 Å². The van der Waals surface area contributed by atoms with Crippen LogP contribution >= 0.6 is 0 Å². The van der Waals surface area contributed by atoms with Gasteiger partial charge < -0.3 is 38.8 Å². The number of methoxy groups -OCH3 is 1. The molecule has 0 aromatic heterocycles. The summed E-state index contributed by atoms with van der Waals surface area (Å²) in [6.45, 7) is 5.74. The minimum Gasteiger partial charge on any atom is -0.465 e. The van der Waals surface area contributed by atoms with Crippen LogP contribution in [0.25, 0.3) is 0 Å². The molecule has 5 atom stereocenters. The summed E-state index contributed by atoms with van der Waals surface area (Å²) in [7, 11) is 3.33. The third-order valence-electron chi connectivity index (χ3n) is 6.24. The van der Waals surface area contributed by atoms with Gasteiger partial charge in [0.1, 0.15) is 18.3 Å². The summed E-state index contributed by atoms with van der Waals surface area (Å²) >= 11 is 0. The molecular formula is C25H39NO8. The van der Waals surface area contributed by atoms with Crippen LogP contribution in [0.15, 0.2) is 30.3 Å². The third-order valence-corrected chi connectivity index (χ3v) is 6.24. The fraction of sp³-hybridized carbons (Fsp3) is 0.720. The van der Waals surface area contributed by atoms with Gasteiger partial charge in [0.25, 0.3) is 5.79 Å². The van der Waals surface area contributed by atoms with Crippen molar-refractivity contribution in [3.05, 3.63) is 35.9 Å². The zero-order valence-electron chi connectivity index (χ0n) is 20.6. The lowest BCUT2D eigenvalue weighted by molar-refractivity contribution is -0.325. The summed E-state index contributed by atoms with van der Waals surface area (Å²) in [5.74, 6) is -3.40. The van der Waals surface area contributed by atoms with Crippen LogP contribution in [0.5, 0.6) is 0 Å². The molecule has 0 saturated carbocycles. The zero-order chi connectivity index (χ0) is 24.8. The summed E-state index contributed by atoms with van der Waals surface area (Å²) in [5, 5.41) is 21.1. The maximum Gasteiger partial charge on any atom is 0.366 e. The molecule has 0 amide bonds. The van der Waals surface area contributed by atoms with Gasteiger partial charge in [-0.3, -0.25) is 0 Å². The van der Waals surface area contributed by atoms with Gasteiger partial charge in [-0.1, -0.05) is 30.3 Å². The van der Waals surface area contributed by atoms with Crippen molar-refractivity contribution in [2.75, 3.05) is 33.9 Å². The first-order chi connectivity index (χ1) is 16.2. The van der Waals surface area contributed by atoms with Gasteiger partial charge in [0.15, 0.2) is 5.79 Å². The molecule has 3 rings (SSSR count). The average molecular weight is 482 g/mol. The zero-order valence-corrected chi connectivity index (χ0v) is 20.6. The molecule has 2 aliphatic heterocycles. The Bertz CT molecular complexity index is 775.